The lowest BCUT2D eigenvalue weighted by Crippen LogP contribution is -2.33. The summed E-state index contributed by atoms with van der Waals surface area (Å²) < 4.78 is 26.7. The van der Waals surface area contributed by atoms with E-state index in [1.54, 1.807) is 0 Å². The maximum absolute atomic E-state index is 12.1. The first kappa shape index (κ1) is 14.9. The van der Waals surface area contributed by atoms with Crippen molar-refractivity contribution in [2.24, 2.45) is 11.3 Å². The number of hydrogen-bond donors (Lipinski definition) is 2. The van der Waals surface area contributed by atoms with Crippen LogP contribution in [0.2, 0.25) is 0 Å². The number of nitrogens with one attached hydrogen (secondary N) is 1. The number of aromatic nitrogens is 1. The molecule has 0 radical (unpaired) electrons. The van der Waals surface area contributed by atoms with Gasteiger partial charge in [-0.25, -0.2) is 22.9 Å². The number of rotatable bonds is 6. The first-order valence-corrected chi connectivity index (χ1v) is 7.94. The summed E-state index contributed by atoms with van der Waals surface area (Å²) in [5.74, 6) is -0.710. The molecule has 0 aromatic carbocycles. The number of carboxylic acids is 1. The highest BCUT2D eigenvalue weighted by Gasteiger charge is 2.45. The molecule has 1 aliphatic rings. The minimum Gasteiger partial charge on any atom is -0.478 e. The zero-order chi connectivity index (χ0) is 15.0. The van der Waals surface area contributed by atoms with E-state index >= 15 is 0 Å². The summed E-state index contributed by atoms with van der Waals surface area (Å²) in [7, 11) is -3.68. The van der Waals surface area contributed by atoms with E-state index < -0.39 is 16.0 Å². The normalized spacial score (nSPS) is 17.1. The molecule has 0 atom stereocenters. The van der Waals surface area contributed by atoms with Crippen molar-refractivity contribution >= 4 is 16.0 Å². The third kappa shape index (κ3) is 2.99. The fraction of sp³-hybridized carbons (Fsp3) is 0.538. The van der Waals surface area contributed by atoms with Crippen LogP contribution in [0.25, 0.3) is 0 Å². The third-order valence-corrected chi connectivity index (χ3v) is 5.31. The topological polar surface area (TPSA) is 96.4 Å². The molecule has 0 saturated heterocycles. The molecular weight excluding hydrogens is 280 g/mol. The largest absolute Gasteiger partial charge is 0.478 e. The van der Waals surface area contributed by atoms with E-state index in [0.29, 0.717) is 12.5 Å². The van der Waals surface area contributed by atoms with Crippen LogP contribution in [0.3, 0.4) is 0 Å². The van der Waals surface area contributed by atoms with Gasteiger partial charge in [-0.2, -0.15) is 0 Å². The molecule has 0 spiro atoms. The Kier molecular flexibility index (Phi) is 3.84. The maximum atomic E-state index is 12.1. The Bertz CT molecular complexity index is 604. The van der Waals surface area contributed by atoms with E-state index in [0.717, 1.165) is 19.0 Å². The van der Waals surface area contributed by atoms with Gasteiger partial charge < -0.3 is 5.11 Å². The zero-order valence-corrected chi connectivity index (χ0v) is 12.3. The van der Waals surface area contributed by atoms with Crippen molar-refractivity contribution in [2.75, 3.05) is 6.54 Å². The highest BCUT2D eigenvalue weighted by atomic mass is 32.2. The second-order valence-electron chi connectivity index (χ2n) is 5.53. The van der Waals surface area contributed by atoms with Crippen LogP contribution in [-0.2, 0) is 10.0 Å². The van der Waals surface area contributed by atoms with Crippen molar-refractivity contribution in [1.29, 1.82) is 0 Å². The van der Waals surface area contributed by atoms with Gasteiger partial charge in [-0.05, 0) is 36.3 Å². The van der Waals surface area contributed by atoms with E-state index in [1.807, 2.05) is 0 Å². The van der Waals surface area contributed by atoms with Crippen molar-refractivity contribution < 1.29 is 18.3 Å². The van der Waals surface area contributed by atoms with Crippen molar-refractivity contribution in [1.82, 2.24) is 9.71 Å². The number of carbonyl (C=O) groups is 1. The minimum absolute atomic E-state index is 0.0372. The maximum Gasteiger partial charge on any atom is 0.337 e. The van der Waals surface area contributed by atoms with Crippen LogP contribution >= 0.6 is 0 Å². The molecule has 1 aromatic rings. The van der Waals surface area contributed by atoms with Gasteiger partial charge in [0.1, 0.15) is 0 Å². The lowest BCUT2D eigenvalue weighted by Gasteiger charge is -2.19. The van der Waals surface area contributed by atoms with Gasteiger partial charge in [0.25, 0.3) is 10.0 Å². The van der Waals surface area contributed by atoms with Crippen molar-refractivity contribution in [3.8, 4) is 0 Å². The second-order valence-corrected chi connectivity index (χ2v) is 7.25. The fourth-order valence-electron chi connectivity index (χ4n) is 2.10. The highest BCUT2D eigenvalue weighted by Crippen LogP contribution is 2.51. The molecule has 6 nitrogen and oxygen atoms in total. The van der Waals surface area contributed by atoms with E-state index in [9.17, 15) is 13.2 Å². The quantitative estimate of drug-likeness (QED) is 0.829. The molecule has 110 valence electrons. The Morgan fingerprint density at radius 3 is 2.50 bits per heavy atom. The molecule has 1 aromatic heterocycles. The number of aromatic carboxylic acids is 1. The van der Waals surface area contributed by atoms with Gasteiger partial charge in [0.15, 0.2) is 5.03 Å². The third-order valence-electron chi connectivity index (χ3n) is 3.99. The number of nitrogens with zero attached hydrogens (tertiary/aromatic N) is 1. The van der Waals surface area contributed by atoms with Gasteiger partial charge >= 0.3 is 5.97 Å². The van der Waals surface area contributed by atoms with Crippen LogP contribution < -0.4 is 4.72 Å². The van der Waals surface area contributed by atoms with Crippen molar-refractivity contribution in [3.63, 3.8) is 0 Å². The van der Waals surface area contributed by atoms with Gasteiger partial charge in [-0.15, -0.1) is 0 Å². The summed E-state index contributed by atoms with van der Waals surface area (Å²) >= 11 is 0. The van der Waals surface area contributed by atoms with Gasteiger partial charge in [0.05, 0.1) is 5.56 Å². The summed E-state index contributed by atoms with van der Waals surface area (Å²) in [5.41, 5.74) is 0.0263. The Hall–Kier alpha value is -1.47. The zero-order valence-electron chi connectivity index (χ0n) is 11.5. The van der Waals surface area contributed by atoms with E-state index in [4.69, 9.17) is 5.11 Å². The smallest absolute Gasteiger partial charge is 0.337 e. The van der Waals surface area contributed by atoms with Gasteiger partial charge in [0, 0.05) is 12.7 Å². The number of pyridine rings is 1. The SMILES string of the molecule is CC(C)C1(CNS(=O)(=O)c2ccc(C(=O)O)cn2)CC1. The molecule has 7 heteroatoms. The number of hydrogen-bond acceptors (Lipinski definition) is 4. The Labute approximate surface area is 118 Å². The van der Waals surface area contributed by atoms with Crippen LogP contribution in [0.15, 0.2) is 23.4 Å². The summed E-state index contributed by atoms with van der Waals surface area (Å²) in [6.45, 7) is 4.57. The molecule has 1 fully saturated rings. The molecule has 2 rings (SSSR count). The average molecular weight is 298 g/mol. The van der Waals surface area contributed by atoms with Crippen LogP contribution in [0.1, 0.15) is 37.0 Å². The lowest BCUT2D eigenvalue weighted by molar-refractivity contribution is 0.0696. The first-order valence-electron chi connectivity index (χ1n) is 6.46. The summed E-state index contributed by atoms with van der Waals surface area (Å²) in [6.07, 6.45) is 3.10. The molecule has 2 N–H and O–H groups in total. The average Bonchev–Trinajstić information content (AvgIpc) is 3.18. The van der Waals surface area contributed by atoms with E-state index in [-0.39, 0.29) is 16.0 Å². The lowest BCUT2D eigenvalue weighted by atomic mass is 9.93. The molecular formula is C13H18N2O4S. The predicted octanol–water partition coefficient (Wildman–Crippen LogP) is 1.49. The number of sulfonamides is 1. The van der Waals surface area contributed by atoms with Gasteiger partial charge in [0.2, 0.25) is 0 Å². The minimum atomic E-state index is -3.68. The van der Waals surface area contributed by atoms with Crippen molar-refractivity contribution in [2.45, 2.75) is 31.7 Å². The van der Waals surface area contributed by atoms with Crippen molar-refractivity contribution in [3.05, 3.63) is 23.9 Å². The predicted molar refractivity (Wildman–Crippen MR) is 72.9 cm³/mol. The highest BCUT2D eigenvalue weighted by molar-refractivity contribution is 7.89. The molecule has 1 heterocycles. The molecule has 0 unspecified atom stereocenters. The molecule has 0 aliphatic heterocycles. The summed E-state index contributed by atoms with van der Waals surface area (Å²) in [6, 6.07) is 2.44. The van der Waals surface area contributed by atoms with Crippen LogP contribution in [0.4, 0.5) is 0 Å². The van der Waals surface area contributed by atoms with Crippen LogP contribution in [0.5, 0.6) is 0 Å². The Balaban J connectivity index is 2.09. The first-order chi connectivity index (χ1) is 9.27. The van der Waals surface area contributed by atoms with Crippen LogP contribution in [-0.4, -0.2) is 31.0 Å². The monoisotopic (exact) mass is 298 g/mol. The van der Waals surface area contributed by atoms with Gasteiger partial charge in [-0.3, -0.25) is 0 Å². The standard InChI is InChI=1S/C13H18N2O4S/c1-9(2)13(5-6-13)8-15-20(18,19)11-4-3-10(7-14-11)12(16)17/h3-4,7,9,15H,5-6,8H2,1-2H3,(H,16,17). The van der Waals surface area contributed by atoms with E-state index in [1.165, 1.54) is 12.1 Å². The number of carboxylic acid groups (broad SMARTS) is 1. The van der Waals surface area contributed by atoms with E-state index in [2.05, 4.69) is 23.6 Å². The summed E-state index contributed by atoms with van der Waals surface area (Å²) in [5, 5.41) is 8.60. The molecule has 20 heavy (non-hydrogen) atoms. The summed E-state index contributed by atoms with van der Waals surface area (Å²) in [4.78, 5) is 14.4. The fourth-order valence-corrected chi connectivity index (χ4v) is 3.16. The van der Waals surface area contributed by atoms with Gasteiger partial charge in [-0.1, -0.05) is 13.8 Å². The second kappa shape index (κ2) is 5.14. The molecule has 1 saturated carbocycles. The van der Waals surface area contributed by atoms with Crippen LogP contribution in [0, 0.1) is 11.3 Å². The molecule has 1 aliphatic carbocycles. The Morgan fingerprint density at radius 2 is 2.10 bits per heavy atom. The molecule has 0 amide bonds. The molecule has 0 bridgehead atoms. The Morgan fingerprint density at radius 1 is 1.45 bits per heavy atom.